The average Bonchev–Trinajstić information content (AvgIpc) is 3.20. The molecule has 0 saturated carbocycles. The van der Waals surface area contributed by atoms with Gasteiger partial charge in [0.05, 0.1) is 26.5 Å². The third-order valence-electron chi connectivity index (χ3n) is 5.55. The summed E-state index contributed by atoms with van der Waals surface area (Å²) < 4.78 is 47.4. The monoisotopic (exact) mass is 618 g/mol. The van der Waals surface area contributed by atoms with Gasteiger partial charge in [0.2, 0.25) is 5.52 Å². The van der Waals surface area contributed by atoms with Crippen LogP contribution in [0.4, 0.5) is 20.5 Å². The van der Waals surface area contributed by atoms with E-state index in [-0.39, 0.29) is 6.61 Å². The molecule has 0 saturated heterocycles. The molecule has 186 valence electrons. The van der Waals surface area contributed by atoms with Crippen molar-refractivity contribution >= 4 is 63.8 Å². The Balaban J connectivity index is 1.49. The number of ether oxygens (including phenoxy) is 1. The maximum Gasteiger partial charge on any atom is 0.399 e. The lowest BCUT2D eigenvalue weighted by molar-refractivity contribution is -0.671. The van der Waals surface area contributed by atoms with Crippen LogP contribution in [-0.2, 0) is 28.1 Å². The van der Waals surface area contributed by atoms with Crippen molar-refractivity contribution in [2.75, 3.05) is 31.3 Å². The molecule has 5 N–H and O–H groups in total. The van der Waals surface area contributed by atoms with Gasteiger partial charge in [0.25, 0.3) is 0 Å². The van der Waals surface area contributed by atoms with Gasteiger partial charge < -0.3 is 30.1 Å². The number of hydrogen-bond donors (Lipinski definition) is 4. The first-order valence-corrected chi connectivity index (χ1v) is 13.2. The molecule has 0 spiro atoms. The van der Waals surface area contributed by atoms with Crippen molar-refractivity contribution in [3.8, 4) is 0 Å². The molecule has 35 heavy (non-hydrogen) atoms. The van der Waals surface area contributed by atoms with E-state index < -0.39 is 18.8 Å². The maximum absolute atomic E-state index is 13.8. The molecule has 4 aromatic rings. The number of benzene rings is 2. The number of anilines is 2. The molecule has 9 nitrogen and oxygen atoms in total. The summed E-state index contributed by atoms with van der Waals surface area (Å²) in [5.41, 5.74) is 3.53. The van der Waals surface area contributed by atoms with E-state index in [4.69, 9.17) is 20.3 Å². The van der Waals surface area contributed by atoms with Gasteiger partial charge >= 0.3 is 13.3 Å². The molecule has 0 radical (unpaired) electrons. The zero-order valence-electron chi connectivity index (χ0n) is 18.9. The second kappa shape index (κ2) is 9.58. The first-order valence-electron chi connectivity index (χ1n) is 10.5. The first kappa shape index (κ1) is 25.7. The Labute approximate surface area is 213 Å². The van der Waals surface area contributed by atoms with Gasteiger partial charge in [-0.3, -0.25) is 4.57 Å². The Morgan fingerprint density at radius 1 is 1.26 bits per heavy atom. The lowest BCUT2D eigenvalue weighted by Crippen LogP contribution is -2.34. The van der Waals surface area contributed by atoms with Crippen LogP contribution < -0.4 is 15.2 Å². The second-order valence-electron chi connectivity index (χ2n) is 8.23. The highest BCUT2D eigenvalue weighted by Crippen LogP contribution is 2.59. The number of nitrogens with two attached hydrogens (primary N) is 1. The van der Waals surface area contributed by atoms with Gasteiger partial charge in [0.1, 0.15) is 12.4 Å². The SMILES string of the molecule is CN(C)c1nc(N)[nH]c2cc(I)c3c(cc[n+]3CCOCc3ccc(C(F)(F)P(=O)(O)O)cc3)c12. The quantitative estimate of drug-likeness (QED) is 0.103. The summed E-state index contributed by atoms with van der Waals surface area (Å²) in [5.74, 6) is 1.10. The Hall–Kier alpha value is -2.38. The van der Waals surface area contributed by atoms with Crippen LogP contribution in [0.5, 0.6) is 0 Å². The summed E-state index contributed by atoms with van der Waals surface area (Å²) in [6.45, 7) is 1.09. The van der Waals surface area contributed by atoms with E-state index in [0.717, 1.165) is 43.3 Å². The number of alkyl halides is 2. The molecule has 4 rings (SSSR count). The highest BCUT2D eigenvalue weighted by molar-refractivity contribution is 14.1. The van der Waals surface area contributed by atoms with Crippen molar-refractivity contribution in [2.45, 2.75) is 18.8 Å². The Morgan fingerprint density at radius 3 is 2.57 bits per heavy atom. The maximum atomic E-state index is 13.8. The molecule has 0 unspecified atom stereocenters. The predicted molar refractivity (Wildman–Crippen MR) is 137 cm³/mol. The van der Waals surface area contributed by atoms with E-state index in [0.29, 0.717) is 24.7 Å². The van der Waals surface area contributed by atoms with Crippen LogP contribution in [0.15, 0.2) is 42.6 Å². The second-order valence-corrected chi connectivity index (χ2v) is 11.0. The number of aromatic amines is 1. The zero-order chi connectivity index (χ0) is 25.5. The normalized spacial score (nSPS) is 12.5. The smallest absolute Gasteiger partial charge is 0.370 e. The molecular formula is C22H24F2IN5O4P+. The van der Waals surface area contributed by atoms with Crippen LogP contribution in [-0.4, -0.2) is 40.5 Å². The highest BCUT2D eigenvalue weighted by atomic mass is 127. The standard InChI is InChI=1S/C22H23F2IN5O4P/c1-29(2)20-18-15-7-8-30(19(15)16(25)11-17(18)27-21(26)28-20)9-10-34-12-13-3-5-14(6-4-13)22(23,24)35(31,32)33/h3-8,11H,9-10,12H2,1-2H3,(H4,26,27,28,31,32,33)/p+1. The molecular weight excluding hydrogens is 594 g/mol. The van der Waals surface area contributed by atoms with Crippen molar-refractivity contribution in [1.29, 1.82) is 0 Å². The molecule has 2 aromatic heterocycles. The molecule has 2 aromatic carbocycles. The van der Waals surface area contributed by atoms with Crippen LogP contribution in [0.2, 0.25) is 0 Å². The van der Waals surface area contributed by atoms with Crippen molar-refractivity contribution in [3.05, 3.63) is 57.3 Å². The number of nitrogens with zero attached hydrogens (tertiary/aromatic N) is 3. The molecule has 0 aliphatic carbocycles. The van der Waals surface area contributed by atoms with E-state index in [2.05, 4.69) is 37.1 Å². The average molecular weight is 618 g/mol. The minimum absolute atomic E-state index is 0.171. The number of fused-ring (bicyclic) bond motifs is 3. The minimum atomic E-state index is -5.59. The van der Waals surface area contributed by atoms with E-state index >= 15 is 0 Å². The van der Waals surface area contributed by atoms with Gasteiger partial charge in [-0.1, -0.05) is 24.3 Å². The number of hydrogen-bond acceptors (Lipinski definition) is 5. The van der Waals surface area contributed by atoms with E-state index in [1.54, 1.807) is 0 Å². The summed E-state index contributed by atoms with van der Waals surface area (Å²) in [4.78, 5) is 27.2. The number of nitrogen functional groups attached to an aromatic ring is 1. The number of halogens is 3. The van der Waals surface area contributed by atoms with E-state index in [1.165, 1.54) is 12.1 Å². The third-order valence-corrected chi connectivity index (χ3v) is 7.36. The third kappa shape index (κ3) is 4.98. The molecule has 2 heterocycles. The lowest BCUT2D eigenvalue weighted by atomic mass is 10.1. The van der Waals surface area contributed by atoms with Crippen LogP contribution in [0.25, 0.3) is 21.8 Å². The van der Waals surface area contributed by atoms with Gasteiger partial charge in [0, 0.05) is 25.7 Å². The van der Waals surface area contributed by atoms with Gasteiger partial charge in [-0.05, 0) is 34.2 Å². The Kier molecular flexibility index (Phi) is 7.04. The van der Waals surface area contributed by atoms with Crippen LogP contribution in [0, 0.1) is 3.57 Å². The van der Waals surface area contributed by atoms with Crippen molar-refractivity contribution in [1.82, 2.24) is 9.97 Å². The highest BCUT2D eigenvalue weighted by Gasteiger charge is 2.50. The minimum Gasteiger partial charge on any atom is -0.370 e. The van der Waals surface area contributed by atoms with Gasteiger partial charge in [-0.25, -0.2) is 0 Å². The predicted octanol–water partition coefficient (Wildman–Crippen LogP) is 3.70. The number of nitrogens with one attached hydrogen (secondary N) is 1. The summed E-state index contributed by atoms with van der Waals surface area (Å²) in [7, 11) is -1.77. The Bertz CT molecular complexity index is 1440. The fraction of sp³-hybridized carbons (Fsp3) is 0.273. The zero-order valence-corrected chi connectivity index (χ0v) is 21.9. The summed E-state index contributed by atoms with van der Waals surface area (Å²) in [5, 5.41) is 1.99. The molecule has 0 amide bonds. The van der Waals surface area contributed by atoms with Gasteiger partial charge in [0.15, 0.2) is 18.7 Å². The van der Waals surface area contributed by atoms with Crippen LogP contribution in [0.3, 0.4) is 0 Å². The van der Waals surface area contributed by atoms with Gasteiger partial charge in [-0.2, -0.15) is 18.3 Å². The van der Waals surface area contributed by atoms with Crippen LogP contribution >= 0.6 is 30.2 Å². The fourth-order valence-corrected chi connectivity index (χ4v) is 5.26. The summed E-state index contributed by atoms with van der Waals surface area (Å²) >= 11 is 2.28. The first-order chi connectivity index (χ1) is 16.4. The van der Waals surface area contributed by atoms with Crippen molar-refractivity contribution in [2.24, 2.45) is 0 Å². The fourth-order valence-electron chi connectivity index (χ4n) is 3.86. The largest absolute Gasteiger partial charge is 0.399 e. The summed E-state index contributed by atoms with van der Waals surface area (Å²) in [6, 6.07) is 8.80. The van der Waals surface area contributed by atoms with E-state index in [1.807, 2.05) is 37.3 Å². The van der Waals surface area contributed by atoms with E-state index in [9.17, 15) is 13.3 Å². The van der Waals surface area contributed by atoms with Crippen molar-refractivity contribution < 1.29 is 32.4 Å². The number of aromatic nitrogens is 3. The van der Waals surface area contributed by atoms with Crippen LogP contribution in [0.1, 0.15) is 11.1 Å². The molecule has 0 aliphatic rings. The molecule has 0 fully saturated rings. The number of rotatable bonds is 8. The topological polar surface area (TPSA) is 129 Å². The molecule has 0 atom stereocenters. The molecule has 0 bridgehead atoms. The Morgan fingerprint density at radius 2 is 1.94 bits per heavy atom. The molecule has 13 heteroatoms. The van der Waals surface area contributed by atoms with Gasteiger partial charge in [-0.15, -0.1) is 0 Å². The summed E-state index contributed by atoms with van der Waals surface area (Å²) in [6.07, 6.45) is 1.98. The number of H-pyrrole nitrogens is 1. The molecule has 0 aliphatic heterocycles. The lowest BCUT2D eigenvalue weighted by Gasteiger charge is -2.18. The van der Waals surface area contributed by atoms with Crippen molar-refractivity contribution in [3.63, 3.8) is 0 Å².